The normalized spacial score (nSPS) is 11.2. The number of carboxylic acids is 1. The third kappa shape index (κ3) is 8.64. The Bertz CT molecular complexity index is 1660. The fraction of sp³-hybridized carbons (Fsp3) is 0.171. The van der Waals surface area contributed by atoms with E-state index in [9.17, 15) is 14.7 Å². The van der Waals surface area contributed by atoms with E-state index in [2.05, 4.69) is 24.0 Å². The number of allylic oxidation sites excluding steroid dienone is 5. The van der Waals surface area contributed by atoms with Gasteiger partial charge in [-0.25, -0.2) is 0 Å². The number of benzene rings is 3. The predicted octanol–water partition coefficient (Wildman–Crippen LogP) is 7.06. The molecule has 0 saturated heterocycles. The van der Waals surface area contributed by atoms with E-state index in [4.69, 9.17) is 21.8 Å². The van der Waals surface area contributed by atoms with Gasteiger partial charge in [0.2, 0.25) is 0 Å². The number of nitrogens with zero attached hydrogens (tertiary/aromatic N) is 2. The highest BCUT2D eigenvalue weighted by atomic mass is 35.5. The SMILES string of the molecule is C=C(/C=C(/Cl)C=C(C)C)c1cc(-c2ccc(-c3ccc(CO)cc3)cc2)n(Cc2ccc(C(=O)NCCC(=O)O)cc2)n1. The van der Waals surface area contributed by atoms with Gasteiger partial charge in [-0.2, -0.15) is 5.10 Å². The Morgan fingerprint density at radius 1 is 0.907 bits per heavy atom. The molecule has 0 aliphatic heterocycles. The van der Waals surface area contributed by atoms with Gasteiger partial charge in [0.1, 0.15) is 0 Å². The lowest BCUT2D eigenvalue weighted by molar-refractivity contribution is -0.136. The molecule has 0 aliphatic rings. The summed E-state index contributed by atoms with van der Waals surface area (Å²) in [5, 5.41) is 26.2. The van der Waals surface area contributed by atoms with Gasteiger partial charge < -0.3 is 15.5 Å². The minimum atomic E-state index is -0.964. The van der Waals surface area contributed by atoms with E-state index in [1.54, 1.807) is 18.2 Å². The van der Waals surface area contributed by atoms with Crippen LogP contribution in [-0.2, 0) is 17.9 Å². The summed E-state index contributed by atoms with van der Waals surface area (Å²) < 4.78 is 1.90. The van der Waals surface area contributed by atoms with Crippen molar-refractivity contribution in [1.29, 1.82) is 0 Å². The van der Waals surface area contributed by atoms with Crippen LogP contribution >= 0.6 is 11.6 Å². The van der Waals surface area contributed by atoms with Crippen molar-refractivity contribution in [2.45, 2.75) is 33.4 Å². The number of carbonyl (C=O) groups excluding carboxylic acids is 1. The van der Waals surface area contributed by atoms with Gasteiger partial charge >= 0.3 is 5.97 Å². The third-order valence-electron chi connectivity index (χ3n) is 6.67. The van der Waals surface area contributed by atoms with Crippen LogP contribution < -0.4 is 5.32 Å². The number of hydrogen-bond donors (Lipinski definition) is 3. The summed E-state index contributed by atoms with van der Waals surface area (Å²) >= 11 is 6.41. The smallest absolute Gasteiger partial charge is 0.305 e. The molecule has 0 unspecified atom stereocenters. The Hall–Kier alpha value is -4.72. The van der Waals surface area contributed by atoms with Crippen LogP contribution in [0.4, 0.5) is 0 Å². The summed E-state index contributed by atoms with van der Waals surface area (Å²) in [5.74, 6) is -1.29. The van der Waals surface area contributed by atoms with Crippen molar-refractivity contribution < 1.29 is 19.8 Å². The molecule has 0 atom stereocenters. The summed E-state index contributed by atoms with van der Waals surface area (Å²) in [6.45, 7) is 8.66. The van der Waals surface area contributed by atoms with Crippen LogP contribution in [-0.4, -0.2) is 38.4 Å². The molecule has 3 N–H and O–H groups in total. The standard InChI is InChI=1S/C35H34ClN3O4/c1-23(2)18-31(36)19-24(3)32-20-33(29-14-12-28(13-15-29)27-8-6-26(22-40)7-9-27)39(38-32)21-25-4-10-30(11-5-25)35(43)37-17-16-34(41)42/h4-15,18-20,40H,3,16-17,21-22H2,1-2H3,(H,37,43)(H,41,42)/b31-19+. The lowest BCUT2D eigenvalue weighted by Crippen LogP contribution is -2.25. The molecule has 43 heavy (non-hydrogen) atoms. The molecular weight excluding hydrogens is 562 g/mol. The van der Waals surface area contributed by atoms with Gasteiger partial charge in [-0.15, -0.1) is 0 Å². The number of hydrogen-bond acceptors (Lipinski definition) is 4. The maximum Gasteiger partial charge on any atom is 0.305 e. The fourth-order valence-electron chi connectivity index (χ4n) is 4.44. The first kappa shape index (κ1) is 31.2. The summed E-state index contributed by atoms with van der Waals surface area (Å²) in [4.78, 5) is 23.1. The van der Waals surface area contributed by atoms with Gasteiger partial charge in [0.25, 0.3) is 5.91 Å². The molecule has 0 aliphatic carbocycles. The highest BCUT2D eigenvalue weighted by molar-refractivity contribution is 6.31. The summed E-state index contributed by atoms with van der Waals surface area (Å²) in [7, 11) is 0. The minimum absolute atomic E-state index is 0.00822. The van der Waals surface area contributed by atoms with Crippen molar-refractivity contribution >= 4 is 29.1 Å². The van der Waals surface area contributed by atoms with Crippen LogP contribution in [0.15, 0.2) is 108 Å². The number of aliphatic carboxylic acids is 1. The molecule has 7 nitrogen and oxygen atoms in total. The molecule has 0 fully saturated rings. The highest BCUT2D eigenvalue weighted by Gasteiger charge is 2.14. The lowest BCUT2D eigenvalue weighted by Gasteiger charge is -2.10. The Morgan fingerprint density at radius 3 is 2.07 bits per heavy atom. The van der Waals surface area contributed by atoms with Crippen molar-refractivity contribution in [1.82, 2.24) is 15.1 Å². The number of rotatable bonds is 12. The van der Waals surface area contributed by atoms with Crippen LogP contribution in [0.3, 0.4) is 0 Å². The number of carboxylic acid groups (broad SMARTS) is 1. The molecule has 3 aromatic carbocycles. The summed E-state index contributed by atoms with van der Waals surface area (Å²) in [5.41, 5.74) is 8.65. The average molecular weight is 596 g/mol. The number of nitrogens with one attached hydrogen (secondary N) is 1. The average Bonchev–Trinajstić information content (AvgIpc) is 3.41. The Kier molecular flexibility index (Phi) is 10.5. The van der Waals surface area contributed by atoms with Gasteiger partial charge in [0, 0.05) is 17.1 Å². The molecule has 1 aromatic heterocycles. The summed E-state index contributed by atoms with van der Waals surface area (Å²) in [6, 6.07) is 25.1. The zero-order valence-electron chi connectivity index (χ0n) is 24.2. The van der Waals surface area contributed by atoms with E-state index in [0.29, 0.717) is 28.4 Å². The third-order valence-corrected chi connectivity index (χ3v) is 6.89. The first-order valence-corrected chi connectivity index (χ1v) is 14.2. The number of aliphatic hydroxyl groups excluding tert-OH is 1. The topological polar surface area (TPSA) is 104 Å². The Balaban J connectivity index is 1.62. The van der Waals surface area contributed by atoms with Crippen molar-refractivity contribution in [3.05, 3.63) is 131 Å². The fourth-order valence-corrected chi connectivity index (χ4v) is 4.79. The summed E-state index contributed by atoms with van der Waals surface area (Å²) in [6.07, 6.45) is 3.53. The van der Waals surface area contributed by atoms with Crippen LogP contribution in [0.1, 0.15) is 47.4 Å². The Labute approximate surface area is 256 Å². The molecular formula is C35H34ClN3O4. The van der Waals surface area contributed by atoms with Gasteiger partial charge in [0.15, 0.2) is 0 Å². The maximum absolute atomic E-state index is 12.4. The largest absolute Gasteiger partial charge is 0.481 e. The van der Waals surface area contributed by atoms with E-state index in [0.717, 1.165) is 39.1 Å². The molecule has 0 saturated carbocycles. The minimum Gasteiger partial charge on any atom is -0.481 e. The second-order valence-corrected chi connectivity index (χ2v) is 10.8. The number of aliphatic hydroxyl groups is 1. The molecule has 8 heteroatoms. The van der Waals surface area contributed by atoms with E-state index < -0.39 is 5.97 Å². The lowest BCUT2D eigenvalue weighted by atomic mass is 10.0. The Morgan fingerprint density at radius 2 is 1.49 bits per heavy atom. The predicted molar refractivity (Wildman–Crippen MR) is 172 cm³/mol. The molecule has 4 aromatic rings. The van der Waals surface area contributed by atoms with Crippen LogP contribution in [0, 0.1) is 0 Å². The number of carbonyl (C=O) groups is 2. The number of halogens is 1. The molecule has 0 spiro atoms. The molecule has 1 heterocycles. The van der Waals surface area contributed by atoms with E-state index in [1.807, 2.05) is 79.2 Å². The first-order valence-electron chi connectivity index (χ1n) is 13.8. The number of aromatic nitrogens is 2. The van der Waals surface area contributed by atoms with Crippen LogP contribution in [0.2, 0.25) is 0 Å². The van der Waals surface area contributed by atoms with E-state index in [1.165, 1.54) is 0 Å². The van der Waals surface area contributed by atoms with Gasteiger partial charge in [-0.3, -0.25) is 14.3 Å². The second kappa shape index (κ2) is 14.4. The van der Waals surface area contributed by atoms with Crippen molar-refractivity contribution in [2.75, 3.05) is 6.54 Å². The number of amides is 1. The van der Waals surface area contributed by atoms with E-state index >= 15 is 0 Å². The quantitative estimate of drug-likeness (QED) is 0.152. The zero-order chi connectivity index (χ0) is 30.9. The van der Waals surface area contributed by atoms with Crippen molar-refractivity contribution in [2.24, 2.45) is 0 Å². The van der Waals surface area contributed by atoms with Gasteiger partial charge in [-0.1, -0.05) is 84.4 Å². The molecule has 0 radical (unpaired) electrons. The molecule has 220 valence electrons. The molecule has 4 rings (SSSR count). The van der Waals surface area contributed by atoms with E-state index in [-0.39, 0.29) is 25.5 Å². The van der Waals surface area contributed by atoms with Crippen molar-refractivity contribution in [3.63, 3.8) is 0 Å². The zero-order valence-corrected chi connectivity index (χ0v) is 24.9. The van der Waals surface area contributed by atoms with Gasteiger partial charge in [0.05, 0.1) is 31.0 Å². The molecule has 0 bridgehead atoms. The monoisotopic (exact) mass is 595 g/mol. The van der Waals surface area contributed by atoms with Crippen LogP contribution in [0.25, 0.3) is 28.0 Å². The first-order chi connectivity index (χ1) is 20.6. The highest BCUT2D eigenvalue weighted by Crippen LogP contribution is 2.29. The molecule has 1 amide bonds. The second-order valence-electron chi connectivity index (χ2n) is 10.4. The van der Waals surface area contributed by atoms with Crippen LogP contribution in [0.5, 0.6) is 0 Å². The van der Waals surface area contributed by atoms with Crippen molar-refractivity contribution in [3.8, 4) is 22.4 Å². The maximum atomic E-state index is 12.4. The van der Waals surface area contributed by atoms with Gasteiger partial charge in [-0.05, 0) is 77.6 Å².